The average Bonchev–Trinajstić information content (AvgIpc) is 3.04. The van der Waals surface area contributed by atoms with Crippen LogP contribution in [0.15, 0.2) is 16.4 Å². The molecule has 0 bridgehead atoms. The van der Waals surface area contributed by atoms with Crippen LogP contribution in [0.1, 0.15) is 17.6 Å². The number of rotatable bonds is 7. The highest BCUT2D eigenvalue weighted by atomic mass is 32.2. The first-order valence-electron chi connectivity index (χ1n) is 8.74. The van der Waals surface area contributed by atoms with Gasteiger partial charge in [-0.1, -0.05) is 16.5 Å². The summed E-state index contributed by atoms with van der Waals surface area (Å²) >= 11 is 1.92. The van der Waals surface area contributed by atoms with Crippen LogP contribution in [-0.4, -0.2) is 75.3 Å². The molecule has 1 aromatic heterocycles. The van der Waals surface area contributed by atoms with Crippen LogP contribution in [0.4, 0.5) is 4.39 Å². The molecule has 11 nitrogen and oxygen atoms in total. The lowest BCUT2D eigenvalue weighted by Gasteiger charge is -2.49. The second kappa shape index (κ2) is 9.01. The van der Waals surface area contributed by atoms with Crippen molar-refractivity contribution in [2.24, 2.45) is 5.16 Å². The van der Waals surface area contributed by atoms with Gasteiger partial charge in [0.25, 0.3) is 11.8 Å². The average molecular weight is 472 g/mol. The predicted molar refractivity (Wildman–Crippen MR) is 107 cm³/mol. The zero-order valence-corrected chi connectivity index (χ0v) is 18.1. The topological polar surface area (TPSA) is 147 Å². The normalized spacial score (nSPS) is 20.7. The van der Waals surface area contributed by atoms with Gasteiger partial charge in [0.15, 0.2) is 5.71 Å². The van der Waals surface area contributed by atoms with Gasteiger partial charge in [-0.2, -0.15) is 4.39 Å². The van der Waals surface area contributed by atoms with Gasteiger partial charge >= 0.3 is 11.9 Å². The number of nitrogens with zero attached hydrogens (tertiary/aromatic N) is 3. The van der Waals surface area contributed by atoms with E-state index in [0.29, 0.717) is 5.01 Å². The number of hydrogen-bond acceptors (Lipinski definition) is 10. The minimum Gasteiger partial charge on any atom is -0.477 e. The SMILES string of the molecule is CO/N=C(/C(=O)N[C@@H]1C(=O)N2C(C(=O)O)=C(COC(C)=O)CS[C@H]12)c1nc(C)sc1F. The van der Waals surface area contributed by atoms with E-state index in [1.807, 2.05) is 0 Å². The maximum atomic E-state index is 14.1. The van der Waals surface area contributed by atoms with Crippen molar-refractivity contribution in [3.05, 3.63) is 27.1 Å². The van der Waals surface area contributed by atoms with Crippen LogP contribution in [0.2, 0.25) is 0 Å². The van der Waals surface area contributed by atoms with Gasteiger partial charge in [0.05, 0.1) is 5.01 Å². The third-order valence-electron chi connectivity index (χ3n) is 4.30. The van der Waals surface area contributed by atoms with E-state index in [4.69, 9.17) is 4.74 Å². The van der Waals surface area contributed by atoms with Crippen molar-refractivity contribution >= 4 is 52.6 Å². The molecule has 0 aliphatic carbocycles. The Labute approximate surface area is 183 Å². The lowest BCUT2D eigenvalue weighted by molar-refractivity contribution is -0.150. The van der Waals surface area contributed by atoms with Crippen molar-refractivity contribution in [3.8, 4) is 0 Å². The molecular formula is C17H17FN4O7S2. The highest BCUT2D eigenvalue weighted by Crippen LogP contribution is 2.40. The Morgan fingerprint density at radius 2 is 2.13 bits per heavy atom. The van der Waals surface area contributed by atoms with Crippen LogP contribution in [0, 0.1) is 12.1 Å². The first-order chi connectivity index (χ1) is 14.6. The van der Waals surface area contributed by atoms with E-state index in [9.17, 15) is 28.7 Å². The maximum absolute atomic E-state index is 14.1. The van der Waals surface area contributed by atoms with Crippen molar-refractivity contribution in [2.45, 2.75) is 25.3 Å². The van der Waals surface area contributed by atoms with Crippen molar-refractivity contribution < 1.29 is 38.2 Å². The smallest absolute Gasteiger partial charge is 0.352 e. The summed E-state index contributed by atoms with van der Waals surface area (Å²) in [6, 6.07) is -1.06. The number of hydrogen-bond donors (Lipinski definition) is 2. The van der Waals surface area contributed by atoms with E-state index >= 15 is 0 Å². The number of nitrogens with one attached hydrogen (secondary N) is 1. The van der Waals surface area contributed by atoms with Crippen LogP contribution in [0.25, 0.3) is 0 Å². The number of thioether (sulfide) groups is 1. The van der Waals surface area contributed by atoms with E-state index in [2.05, 4.69) is 20.3 Å². The van der Waals surface area contributed by atoms with Gasteiger partial charge in [-0.15, -0.1) is 11.8 Å². The van der Waals surface area contributed by atoms with E-state index in [0.717, 1.165) is 16.2 Å². The fourth-order valence-corrected chi connectivity index (χ4v) is 4.99. The predicted octanol–water partition coefficient (Wildman–Crippen LogP) is 0.243. The first kappa shape index (κ1) is 22.7. The highest BCUT2D eigenvalue weighted by Gasteiger charge is 2.54. The molecular weight excluding hydrogens is 455 g/mol. The minimum atomic E-state index is -1.35. The van der Waals surface area contributed by atoms with E-state index < -0.39 is 46.0 Å². The number of amides is 2. The second-order valence-electron chi connectivity index (χ2n) is 6.38. The summed E-state index contributed by atoms with van der Waals surface area (Å²) in [5.41, 5.74) is -0.770. The maximum Gasteiger partial charge on any atom is 0.352 e. The molecule has 2 N–H and O–H groups in total. The minimum absolute atomic E-state index is 0.175. The first-order valence-corrected chi connectivity index (χ1v) is 10.6. The quantitative estimate of drug-likeness (QED) is 0.246. The van der Waals surface area contributed by atoms with Crippen LogP contribution in [0.5, 0.6) is 0 Å². The number of carbonyl (C=O) groups excluding carboxylic acids is 3. The number of thiazole rings is 1. The number of halogens is 1. The molecule has 14 heteroatoms. The Bertz CT molecular complexity index is 1020. The lowest BCUT2D eigenvalue weighted by atomic mass is 10.0. The molecule has 1 fully saturated rings. The molecule has 2 amide bonds. The number of ether oxygens (including phenoxy) is 1. The molecule has 0 aromatic carbocycles. The Balaban J connectivity index is 1.79. The van der Waals surface area contributed by atoms with Gasteiger partial charge in [-0.25, -0.2) is 9.78 Å². The molecule has 1 aromatic rings. The Morgan fingerprint density at radius 1 is 1.42 bits per heavy atom. The van der Waals surface area contributed by atoms with Gasteiger partial charge in [-0.05, 0) is 6.92 Å². The monoisotopic (exact) mass is 472 g/mol. The van der Waals surface area contributed by atoms with Crippen molar-refractivity contribution in [1.82, 2.24) is 15.2 Å². The van der Waals surface area contributed by atoms with E-state index in [1.165, 1.54) is 25.8 Å². The standard InChI is InChI=1S/C17H17FN4O7S2/c1-6-19-9(13(18)31-6)10(21-28-3)14(24)20-11-15(25)22-12(17(26)27)8(4-29-7(2)23)5-30-16(11)22/h11,16H,4-5H2,1-3H3,(H,20,24)(H,26,27)/b21-10+/t11-,16-/m1/s1. The molecule has 2 aliphatic rings. The summed E-state index contributed by atoms with van der Waals surface area (Å²) in [5, 5.41) is 14.5. The number of carbonyl (C=O) groups is 4. The Hall–Kier alpha value is -3.00. The van der Waals surface area contributed by atoms with Gasteiger partial charge in [0.2, 0.25) is 5.13 Å². The summed E-state index contributed by atoms with van der Waals surface area (Å²) < 4.78 is 19.0. The number of carboxylic acids is 1. The molecule has 166 valence electrons. The molecule has 1 saturated heterocycles. The van der Waals surface area contributed by atoms with Crippen LogP contribution in [-0.2, 0) is 28.8 Å². The van der Waals surface area contributed by atoms with Gasteiger partial charge in [-0.3, -0.25) is 19.3 Å². The van der Waals surface area contributed by atoms with Gasteiger partial charge in [0, 0.05) is 18.2 Å². The Kier molecular flexibility index (Phi) is 6.59. The number of fused-ring (bicyclic) bond motifs is 1. The molecule has 3 heterocycles. The molecule has 0 unspecified atom stereocenters. The molecule has 0 saturated carbocycles. The molecule has 3 rings (SSSR count). The fourth-order valence-electron chi connectivity index (χ4n) is 3.02. The van der Waals surface area contributed by atoms with Crippen LogP contribution in [0.3, 0.4) is 0 Å². The van der Waals surface area contributed by atoms with Crippen molar-refractivity contribution in [2.75, 3.05) is 19.5 Å². The summed E-state index contributed by atoms with van der Waals surface area (Å²) in [6.07, 6.45) is 0. The number of esters is 1. The molecule has 2 atom stereocenters. The summed E-state index contributed by atoms with van der Waals surface area (Å²) in [7, 11) is 1.17. The molecule has 31 heavy (non-hydrogen) atoms. The summed E-state index contributed by atoms with van der Waals surface area (Å²) in [5.74, 6) is -3.33. The van der Waals surface area contributed by atoms with Gasteiger partial charge in [0.1, 0.15) is 36.5 Å². The molecule has 2 aliphatic heterocycles. The number of β-lactam (4-membered cyclic amide) rings is 1. The zero-order chi connectivity index (χ0) is 22.9. The largest absolute Gasteiger partial charge is 0.477 e. The van der Waals surface area contributed by atoms with E-state index in [1.54, 1.807) is 6.92 Å². The van der Waals surface area contributed by atoms with Crippen molar-refractivity contribution in [3.63, 3.8) is 0 Å². The van der Waals surface area contributed by atoms with Gasteiger partial charge < -0.3 is 20.0 Å². The number of aryl methyl sites for hydroxylation is 1. The number of aromatic nitrogens is 1. The number of oxime groups is 1. The molecule has 0 radical (unpaired) electrons. The lowest BCUT2D eigenvalue weighted by Crippen LogP contribution is -2.71. The van der Waals surface area contributed by atoms with Crippen LogP contribution < -0.4 is 5.32 Å². The van der Waals surface area contributed by atoms with Crippen molar-refractivity contribution in [1.29, 1.82) is 0 Å². The number of carboxylic acid groups (broad SMARTS) is 1. The third kappa shape index (κ3) is 4.39. The fraction of sp³-hybridized carbons (Fsp3) is 0.412. The van der Waals surface area contributed by atoms with E-state index in [-0.39, 0.29) is 29.3 Å². The number of aliphatic carboxylic acids is 1. The summed E-state index contributed by atoms with van der Waals surface area (Å²) in [4.78, 5) is 57.7. The summed E-state index contributed by atoms with van der Waals surface area (Å²) in [6.45, 7) is 2.48. The zero-order valence-electron chi connectivity index (χ0n) is 16.5. The second-order valence-corrected chi connectivity index (χ2v) is 8.63. The highest BCUT2D eigenvalue weighted by molar-refractivity contribution is 8.00. The third-order valence-corrected chi connectivity index (χ3v) is 6.40. The van der Waals surface area contributed by atoms with Crippen LogP contribution >= 0.6 is 23.1 Å². The molecule has 0 spiro atoms. The Morgan fingerprint density at radius 3 is 2.68 bits per heavy atom.